The lowest BCUT2D eigenvalue weighted by atomic mass is 10.2. The second kappa shape index (κ2) is 7.63. The first-order valence-electron chi connectivity index (χ1n) is 6.38. The van der Waals surface area contributed by atoms with Gasteiger partial charge in [-0.15, -0.1) is 0 Å². The molecule has 0 aliphatic carbocycles. The summed E-state index contributed by atoms with van der Waals surface area (Å²) < 4.78 is 4.95. The molecule has 94 valence electrons. The molecule has 0 spiro atoms. The van der Waals surface area contributed by atoms with E-state index in [1.165, 1.54) is 6.42 Å². The van der Waals surface area contributed by atoms with Gasteiger partial charge in [-0.2, -0.15) is 0 Å². The van der Waals surface area contributed by atoms with Crippen molar-refractivity contribution in [2.75, 3.05) is 32.8 Å². The maximum Gasteiger partial charge on any atom is 0.307 e. The third kappa shape index (κ3) is 4.49. The lowest BCUT2D eigenvalue weighted by molar-refractivity contribution is -0.143. The Morgan fingerprint density at radius 2 is 2.25 bits per heavy atom. The molecule has 4 heteroatoms. The highest BCUT2D eigenvalue weighted by Gasteiger charge is 2.21. The number of nitrogens with one attached hydrogen (secondary N) is 1. The van der Waals surface area contributed by atoms with Crippen molar-refractivity contribution in [3.63, 3.8) is 0 Å². The van der Waals surface area contributed by atoms with Gasteiger partial charge in [-0.1, -0.05) is 6.92 Å². The van der Waals surface area contributed by atoms with Crippen LogP contribution in [0.4, 0.5) is 0 Å². The van der Waals surface area contributed by atoms with Gasteiger partial charge >= 0.3 is 5.97 Å². The fourth-order valence-corrected chi connectivity index (χ4v) is 2.18. The van der Waals surface area contributed by atoms with E-state index < -0.39 is 0 Å². The maximum atomic E-state index is 11.3. The van der Waals surface area contributed by atoms with Crippen LogP contribution in [0.25, 0.3) is 0 Å². The predicted molar refractivity (Wildman–Crippen MR) is 64.4 cm³/mol. The number of carbonyl (C=O) groups is 1. The molecule has 0 aromatic rings. The minimum Gasteiger partial charge on any atom is -0.466 e. The lowest BCUT2D eigenvalue weighted by Gasteiger charge is -2.27. The third-order valence-electron chi connectivity index (χ3n) is 2.97. The summed E-state index contributed by atoms with van der Waals surface area (Å²) in [6, 6.07) is 0.606. The Morgan fingerprint density at radius 1 is 1.44 bits per heavy atom. The topological polar surface area (TPSA) is 41.6 Å². The van der Waals surface area contributed by atoms with Crippen molar-refractivity contribution >= 4 is 5.97 Å². The van der Waals surface area contributed by atoms with Crippen LogP contribution in [-0.2, 0) is 9.53 Å². The fraction of sp³-hybridized carbons (Fsp3) is 0.917. The van der Waals surface area contributed by atoms with Crippen LogP contribution in [0.5, 0.6) is 0 Å². The molecule has 1 aliphatic heterocycles. The molecule has 1 fully saturated rings. The molecule has 1 rings (SSSR count). The van der Waals surface area contributed by atoms with Gasteiger partial charge in [-0.3, -0.25) is 9.69 Å². The molecule has 0 radical (unpaired) electrons. The average molecular weight is 228 g/mol. The molecule has 1 heterocycles. The molecular weight excluding hydrogens is 204 g/mol. The zero-order chi connectivity index (χ0) is 11.8. The summed E-state index contributed by atoms with van der Waals surface area (Å²) >= 11 is 0. The van der Waals surface area contributed by atoms with E-state index >= 15 is 0 Å². The van der Waals surface area contributed by atoms with E-state index in [0.717, 1.165) is 32.6 Å². The quantitative estimate of drug-likeness (QED) is 0.660. The van der Waals surface area contributed by atoms with Gasteiger partial charge in [-0.05, 0) is 32.9 Å². The smallest absolute Gasteiger partial charge is 0.307 e. The van der Waals surface area contributed by atoms with Gasteiger partial charge in [0.25, 0.3) is 0 Å². The van der Waals surface area contributed by atoms with Crippen LogP contribution in [0.1, 0.15) is 33.1 Å². The summed E-state index contributed by atoms with van der Waals surface area (Å²) in [6.45, 7) is 8.58. The maximum absolute atomic E-state index is 11.3. The number of ether oxygens (including phenoxy) is 1. The highest BCUT2D eigenvalue weighted by Crippen LogP contribution is 2.10. The highest BCUT2D eigenvalue weighted by molar-refractivity contribution is 5.69. The van der Waals surface area contributed by atoms with Gasteiger partial charge in [0.05, 0.1) is 13.0 Å². The van der Waals surface area contributed by atoms with Crippen LogP contribution in [0, 0.1) is 0 Å². The highest BCUT2D eigenvalue weighted by atomic mass is 16.5. The van der Waals surface area contributed by atoms with Crippen LogP contribution in [0.15, 0.2) is 0 Å². The van der Waals surface area contributed by atoms with E-state index in [4.69, 9.17) is 4.74 Å². The Balaban J connectivity index is 2.29. The number of carbonyl (C=O) groups excluding carboxylic acids is 1. The van der Waals surface area contributed by atoms with Crippen LogP contribution in [-0.4, -0.2) is 49.7 Å². The van der Waals surface area contributed by atoms with Crippen molar-refractivity contribution in [3.8, 4) is 0 Å². The number of nitrogens with zero attached hydrogens (tertiary/aromatic N) is 1. The van der Waals surface area contributed by atoms with E-state index in [2.05, 4.69) is 17.1 Å². The van der Waals surface area contributed by atoms with E-state index in [1.807, 2.05) is 6.92 Å². The van der Waals surface area contributed by atoms with E-state index in [9.17, 15) is 4.79 Å². The molecule has 1 atom stereocenters. The van der Waals surface area contributed by atoms with Gasteiger partial charge in [0, 0.05) is 19.1 Å². The van der Waals surface area contributed by atoms with Gasteiger partial charge < -0.3 is 10.1 Å². The number of rotatable bonds is 7. The Kier molecular flexibility index (Phi) is 6.42. The fourth-order valence-electron chi connectivity index (χ4n) is 2.18. The Labute approximate surface area is 98.3 Å². The molecule has 1 N–H and O–H groups in total. The summed E-state index contributed by atoms with van der Waals surface area (Å²) in [5.41, 5.74) is 0. The summed E-state index contributed by atoms with van der Waals surface area (Å²) in [7, 11) is 0. The minimum absolute atomic E-state index is 0.0745. The van der Waals surface area contributed by atoms with Crippen LogP contribution < -0.4 is 5.32 Å². The molecular formula is C12H24N2O2. The van der Waals surface area contributed by atoms with Gasteiger partial charge in [0.15, 0.2) is 0 Å². The Bertz CT molecular complexity index is 203. The minimum atomic E-state index is -0.0745. The SMILES string of the molecule is CCCN(CCC(=O)OCC)C1CCNC1. The van der Waals surface area contributed by atoms with Crippen molar-refractivity contribution in [3.05, 3.63) is 0 Å². The summed E-state index contributed by atoms with van der Waals surface area (Å²) in [5.74, 6) is -0.0745. The molecule has 0 saturated carbocycles. The van der Waals surface area contributed by atoms with Crippen molar-refractivity contribution in [1.29, 1.82) is 0 Å². The molecule has 0 amide bonds. The molecule has 1 unspecified atom stereocenters. The first-order chi connectivity index (χ1) is 7.77. The monoisotopic (exact) mass is 228 g/mol. The normalized spacial score (nSPS) is 20.3. The zero-order valence-electron chi connectivity index (χ0n) is 10.5. The second-order valence-electron chi connectivity index (χ2n) is 4.24. The van der Waals surface area contributed by atoms with Crippen molar-refractivity contribution in [2.24, 2.45) is 0 Å². The third-order valence-corrected chi connectivity index (χ3v) is 2.97. The first-order valence-corrected chi connectivity index (χ1v) is 6.38. The molecule has 0 bridgehead atoms. The first kappa shape index (κ1) is 13.5. The molecule has 4 nitrogen and oxygen atoms in total. The van der Waals surface area contributed by atoms with Gasteiger partial charge in [-0.25, -0.2) is 0 Å². The van der Waals surface area contributed by atoms with Crippen LogP contribution in [0.3, 0.4) is 0 Å². The van der Waals surface area contributed by atoms with E-state index in [-0.39, 0.29) is 5.97 Å². The van der Waals surface area contributed by atoms with E-state index in [0.29, 0.717) is 19.1 Å². The average Bonchev–Trinajstić information content (AvgIpc) is 2.78. The number of esters is 1. The standard InChI is InChI=1S/C12H24N2O2/c1-3-8-14(11-5-7-13-10-11)9-6-12(15)16-4-2/h11,13H,3-10H2,1-2H3. The largest absolute Gasteiger partial charge is 0.466 e. The van der Waals surface area contributed by atoms with Crippen molar-refractivity contribution < 1.29 is 9.53 Å². The Morgan fingerprint density at radius 3 is 2.81 bits per heavy atom. The van der Waals surface area contributed by atoms with E-state index in [1.54, 1.807) is 0 Å². The summed E-state index contributed by atoms with van der Waals surface area (Å²) in [4.78, 5) is 13.7. The second-order valence-corrected chi connectivity index (χ2v) is 4.24. The molecule has 1 saturated heterocycles. The zero-order valence-corrected chi connectivity index (χ0v) is 10.5. The summed E-state index contributed by atoms with van der Waals surface area (Å²) in [6.07, 6.45) is 2.85. The van der Waals surface area contributed by atoms with Gasteiger partial charge in [0.1, 0.15) is 0 Å². The molecule has 0 aromatic carbocycles. The predicted octanol–water partition coefficient (Wildman–Crippen LogP) is 1.01. The number of hydrogen-bond acceptors (Lipinski definition) is 4. The Hall–Kier alpha value is -0.610. The van der Waals surface area contributed by atoms with Crippen LogP contribution >= 0.6 is 0 Å². The van der Waals surface area contributed by atoms with Crippen molar-refractivity contribution in [2.45, 2.75) is 39.2 Å². The molecule has 0 aromatic heterocycles. The molecule has 16 heavy (non-hydrogen) atoms. The van der Waals surface area contributed by atoms with Crippen molar-refractivity contribution in [1.82, 2.24) is 10.2 Å². The molecule has 1 aliphatic rings. The van der Waals surface area contributed by atoms with Gasteiger partial charge in [0.2, 0.25) is 0 Å². The summed E-state index contributed by atoms with van der Waals surface area (Å²) in [5, 5.41) is 3.37. The number of hydrogen-bond donors (Lipinski definition) is 1. The lowest BCUT2D eigenvalue weighted by Crippen LogP contribution is -2.38. The van der Waals surface area contributed by atoms with Crippen LogP contribution in [0.2, 0.25) is 0 Å².